The van der Waals surface area contributed by atoms with Gasteiger partial charge in [0.2, 0.25) is 0 Å². The fourth-order valence-electron chi connectivity index (χ4n) is 1.50. The van der Waals surface area contributed by atoms with Gasteiger partial charge in [-0.2, -0.15) is 0 Å². The molecule has 7 heteroatoms. The van der Waals surface area contributed by atoms with Crippen LogP contribution < -0.4 is 16.4 Å². The van der Waals surface area contributed by atoms with Crippen molar-refractivity contribution in [1.29, 1.82) is 0 Å². The van der Waals surface area contributed by atoms with Crippen molar-refractivity contribution in [3.05, 3.63) is 20.8 Å². The van der Waals surface area contributed by atoms with Gasteiger partial charge < -0.3 is 9.67 Å². The average molecular weight is 209 g/mol. The first kappa shape index (κ1) is 9.50. The van der Waals surface area contributed by atoms with Gasteiger partial charge in [0.25, 0.3) is 5.56 Å². The Kier molecular flexibility index (Phi) is 1.72. The molecule has 15 heavy (non-hydrogen) atoms. The van der Waals surface area contributed by atoms with Gasteiger partial charge in [-0.15, -0.1) is 0 Å². The molecule has 0 bridgehead atoms. The van der Waals surface area contributed by atoms with Crippen LogP contribution in [-0.4, -0.2) is 18.7 Å². The van der Waals surface area contributed by atoms with E-state index in [4.69, 9.17) is 0 Å². The molecule has 0 amide bonds. The molecule has 0 aliphatic carbocycles. The molecule has 2 heterocycles. The van der Waals surface area contributed by atoms with Crippen LogP contribution in [0, 0.1) is 0 Å². The van der Waals surface area contributed by atoms with E-state index in [1.165, 1.54) is 25.7 Å². The summed E-state index contributed by atoms with van der Waals surface area (Å²) in [6, 6.07) is -0.539. The summed E-state index contributed by atoms with van der Waals surface area (Å²) in [4.78, 5) is 26.8. The van der Waals surface area contributed by atoms with Gasteiger partial charge in [0.05, 0.1) is 6.01 Å². The highest BCUT2D eigenvalue weighted by molar-refractivity contribution is 5.71. The third kappa shape index (κ3) is 1.03. The van der Waals surface area contributed by atoms with Crippen molar-refractivity contribution in [1.82, 2.24) is 18.7 Å². The Balaban J connectivity index is 3.23. The molecule has 0 spiro atoms. The van der Waals surface area contributed by atoms with Gasteiger partial charge in [-0.3, -0.25) is 13.9 Å². The van der Waals surface area contributed by atoms with Gasteiger partial charge in [0.15, 0.2) is 11.2 Å². The first-order valence-corrected chi connectivity index (χ1v) is 4.24. The van der Waals surface area contributed by atoms with Crippen LogP contribution in [0.4, 0.5) is 0 Å². The molecule has 0 saturated heterocycles. The molecule has 7 nitrogen and oxygen atoms in total. The second kappa shape index (κ2) is 2.72. The number of aryl methyl sites for hydroxylation is 2. The Morgan fingerprint density at radius 2 is 1.67 bits per heavy atom. The number of fused-ring (bicyclic) bond motifs is 1. The molecule has 2 aromatic rings. The molecule has 0 radical (unpaired) electrons. The zero-order valence-corrected chi connectivity index (χ0v) is 8.51. The zero-order chi connectivity index (χ0) is 11.3. The first-order chi connectivity index (χ1) is 6.95. The van der Waals surface area contributed by atoms with Crippen molar-refractivity contribution in [2.24, 2.45) is 21.1 Å². The molecule has 0 aliphatic heterocycles. The normalized spacial score (nSPS) is 11.1. The number of nitrogens with zero attached hydrogens (tertiary/aromatic N) is 4. The second-order valence-electron chi connectivity index (χ2n) is 3.33. The van der Waals surface area contributed by atoms with Crippen LogP contribution >= 0.6 is 0 Å². The van der Waals surface area contributed by atoms with Gasteiger partial charge in [-0.05, 0) is 0 Å². The number of rotatable bonds is 0. The summed E-state index contributed by atoms with van der Waals surface area (Å²) in [5, 5.41) is 11.3. The first-order valence-electron chi connectivity index (χ1n) is 4.24. The Bertz CT molecular complexity index is 661. The van der Waals surface area contributed by atoms with Crippen LogP contribution in [0.5, 0.6) is 6.01 Å². The molecule has 0 atom stereocenters. The summed E-state index contributed by atoms with van der Waals surface area (Å²) in [6.07, 6.45) is 0. The van der Waals surface area contributed by atoms with Gasteiger partial charge in [-0.25, -0.2) is 9.78 Å². The zero-order valence-electron chi connectivity index (χ0n) is 8.51. The monoisotopic (exact) mass is 209 g/mol. The Morgan fingerprint density at radius 3 is 2.27 bits per heavy atom. The SMILES string of the molecule is Cn1c(=O)c2c(nc([O-])n2C)n(C)c1=O. The van der Waals surface area contributed by atoms with E-state index in [2.05, 4.69) is 4.98 Å². The third-order valence-electron chi connectivity index (χ3n) is 2.43. The molecule has 0 fully saturated rings. The summed E-state index contributed by atoms with van der Waals surface area (Å²) in [5.74, 6) is 0. The van der Waals surface area contributed by atoms with Gasteiger partial charge >= 0.3 is 5.69 Å². The van der Waals surface area contributed by atoms with E-state index in [1.807, 2.05) is 0 Å². The van der Waals surface area contributed by atoms with Crippen molar-refractivity contribution >= 4 is 11.2 Å². The van der Waals surface area contributed by atoms with Gasteiger partial charge in [-0.1, -0.05) is 0 Å². The standard InChI is InChI=1S/C8H10N4O3/c1-10-4-5(9-7(10)14)11(2)8(15)12(3)6(4)13/h1-3H3,(H,9,14)/p-1. The molecule has 0 N–H and O–H groups in total. The maximum Gasteiger partial charge on any atom is 0.332 e. The summed E-state index contributed by atoms with van der Waals surface area (Å²) >= 11 is 0. The summed E-state index contributed by atoms with van der Waals surface area (Å²) in [5.41, 5.74) is -0.740. The van der Waals surface area contributed by atoms with Gasteiger partial charge in [0.1, 0.15) is 0 Å². The van der Waals surface area contributed by atoms with Crippen molar-refractivity contribution < 1.29 is 5.11 Å². The lowest BCUT2D eigenvalue weighted by Gasteiger charge is -2.04. The van der Waals surface area contributed by atoms with E-state index in [-0.39, 0.29) is 11.2 Å². The highest BCUT2D eigenvalue weighted by atomic mass is 16.3. The van der Waals surface area contributed by atoms with E-state index in [0.717, 1.165) is 9.13 Å². The Labute approximate surface area is 83.8 Å². The Hall–Kier alpha value is -2.05. The number of imidazole rings is 1. The quantitative estimate of drug-likeness (QED) is 0.504. The highest BCUT2D eigenvalue weighted by Crippen LogP contribution is 2.10. The van der Waals surface area contributed by atoms with Crippen molar-refractivity contribution in [2.45, 2.75) is 0 Å². The van der Waals surface area contributed by atoms with Crippen LogP contribution in [-0.2, 0) is 21.1 Å². The average Bonchev–Trinajstić information content (AvgIpc) is 2.50. The predicted molar refractivity (Wildman–Crippen MR) is 50.6 cm³/mol. The van der Waals surface area contributed by atoms with Crippen molar-refractivity contribution in [3.8, 4) is 6.01 Å². The minimum Gasteiger partial charge on any atom is -0.846 e. The van der Waals surface area contributed by atoms with Crippen LogP contribution in [0.2, 0.25) is 0 Å². The maximum absolute atomic E-state index is 11.7. The van der Waals surface area contributed by atoms with E-state index in [1.54, 1.807) is 0 Å². The number of aromatic nitrogens is 4. The third-order valence-corrected chi connectivity index (χ3v) is 2.43. The number of hydrogen-bond donors (Lipinski definition) is 0. The molecular formula is C8H9N4O3-. The lowest BCUT2D eigenvalue weighted by molar-refractivity contribution is -0.284. The van der Waals surface area contributed by atoms with Crippen molar-refractivity contribution in [3.63, 3.8) is 0 Å². The summed E-state index contributed by atoms with van der Waals surface area (Å²) < 4.78 is 3.26. The van der Waals surface area contributed by atoms with E-state index in [9.17, 15) is 14.7 Å². The fourth-order valence-corrected chi connectivity index (χ4v) is 1.50. The smallest absolute Gasteiger partial charge is 0.332 e. The van der Waals surface area contributed by atoms with E-state index < -0.39 is 17.3 Å². The molecule has 2 rings (SSSR count). The predicted octanol–water partition coefficient (Wildman–Crippen LogP) is -1.96. The van der Waals surface area contributed by atoms with Crippen LogP contribution in [0.1, 0.15) is 0 Å². The van der Waals surface area contributed by atoms with Crippen LogP contribution in [0.3, 0.4) is 0 Å². The minimum atomic E-state index is -0.539. The Morgan fingerprint density at radius 1 is 1.07 bits per heavy atom. The largest absolute Gasteiger partial charge is 0.846 e. The van der Waals surface area contributed by atoms with E-state index in [0.29, 0.717) is 0 Å². The number of hydrogen-bond acceptors (Lipinski definition) is 4. The highest BCUT2D eigenvalue weighted by Gasteiger charge is 2.12. The van der Waals surface area contributed by atoms with Crippen molar-refractivity contribution in [2.75, 3.05) is 0 Å². The summed E-state index contributed by atoms with van der Waals surface area (Å²) in [7, 11) is 4.28. The molecule has 0 saturated carbocycles. The topological polar surface area (TPSA) is 84.9 Å². The summed E-state index contributed by atoms with van der Waals surface area (Å²) in [6.45, 7) is 0. The van der Waals surface area contributed by atoms with Crippen LogP contribution in [0.25, 0.3) is 11.2 Å². The maximum atomic E-state index is 11.7. The molecular weight excluding hydrogens is 200 g/mol. The molecule has 80 valence electrons. The van der Waals surface area contributed by atoms with E-state index >= 15 is 0 Å². The fraction of sp³-hybridized carbons (Fsp3) is 0.375. The minimum absolute atomic E-state index is 0.121. The van der Waals surface area contributed by atoms with Crippen LogP contribution in [0.15, 0.2) is 9.59 Å². The lowest BCUT2D eigenvalue weighted by atomic mass is 10.5. The molecule has 2 aromatic heterocycles. The second-order valence-corrected chi connectivity index (χ2v) is 3.33. The lowest BCUT2D eigenvalue weighted by Crippen LogP contribution is -2.37. The molecule has 0 unspecified atom stereocenters. The van der Waals surface area contributed by atoms with Gasteiger partial charge in [0, 0.05) is 21.1 Å². The molecule has 0 aliphatic rings. The molecule has 0 aromatic carbocycles.